The van der Waals surface area contributed by atoms with E-state index in [1.807, 2.05) is 24.3 Å². The zero-order valence-corrected chi connectivity index (χ0v) is 14.2. The van der Waals surface area contributed by atoms with E-state index in [0.717, 1.165) is 30.5 Å². The fourth-order valence-corrected chi connectivity index (χ4v) is 3.34. The largest absolute Gasteiger partial charge is 0.504 e. The van der Waals surface area contributed by atoms with Gasteiger partial charge in [-0.1, -0.05) is 6.07 Å². The molecular weight excluding hydrogens is 306 g/mol. The maximum atomic E-state index is 10.2. The first-order chi connectivity index (χ1) is 11.5. The van der Waals surface area contributed by atoms with E-state index in [1.165, 1.54) is 5.56 Å². The van der Waals surface area contributed by atoms with Crippen molar-refractivity contribution in [3.8, 4) is 23.0 Å². The zero-order chi connectivity index (χ0) is 17.3. The number of rotatable bonds is 4. The molecule has 1 aliphatic rings. The van der Waals surface area contributed by atoms with E-state index in [9.17, 15) is 10.2 Å². The molecule has 0 fully saturated rings. The number of phenolic OH excluding ortho intramolecular Hbond substituents is 2. The summed E-state index contributed by atoms with van der Waals surface area (Å²) in [6.07, 6.45) is 1.70. The van der Waals surface area contributed by atoms with Crippen LogP contribution in [0.1, 0.15) is 22.7 Å². The van der Waals surface area contributed by atoms with Crippen LogP contribution in [-0.2, 0) is 12.8 Å². The van der Waals surface area contributed by atoms with Crippen molar-refractivity contribution in [1.29, 1.82) is 0 Å². The number of aromatic hydroxyl groups is 2. The molecule has 0 radical (unpaired) electrons. The van der Waals surface area contributed by atoms with E-state index in [-0.39, 0.29) is 17.5 Å². The molecule has 0 saturated heterocycles. The second-order valence-electron chi connectivity index (χ2n) is 6.18. The molecule has 3 rings (SSSR count). The number of fused-ring (bicyclic) bond motifs is 1. The number of benzene rings is 2. The van der Waals surface area contributed by atoms with Crippen molar-refractivity contribution < 1.29 is 19.7 Å². The molecule has 5 heteroatoms. The molecule has 2 N–H and O–H groups in total. The first kappa shape index (κ1) is 16.5. The summed E-state index contributed by atoms with van der Waals surface area (Å²) >= 11 is 0. The Hall–Kier alpha value is -2.40. The minimum Gasteiger partial charge on any atom is -0.504 e. The third kappa shape index (κ3) is 2.99. The quantitative estimate of drug-likeness (QED) is 0.903. The molecule has 5 nitrogen and oxygen atoms in total. The molecule has 0 aliphatic carbocycles. The minimum atomic E-state index is 0.140. The Kier molecular flexibility index (Phi) is 4.53. The van der Waals surface area contributed by atoms with Gasteiger partial charge in [0.1, 0.15) is 0 Å². The zero-order valence-electron chi connectivity index (χ0n) is 14.2. The number of hydrogen-bond donors (Lipinski definition) is 2. The van der Waals surface area contributed by atoms with E-state index in [2.05, 4.69) is 11.9 Å². The van der Waals surface area contributed by atoms with Crippen molar-refractivity contribution in [2.24, 2.45) is 0 Å². The van der Waals surface area contributed by atoms with Crippen LogP contribution in [0.5, 0.6) is 23.0 Å². The number of ether oxygens (including phenoxy) is 2. The Morgan fingerprint density at radius 3 is 2.46 bits per heavy atom. The molecule has 1 aliphatic heterocycles. The van der Waals surface area contributed by atoms with E-state index >= 15 is 0 Å². The van der Waals surface area contributed by atoms with Gasteiger partial charge in [-0.3, -0.25) is 4.90 Å². The number of nitrogens with zero attached hydrogens (tertiary/aromatic N) is 1. The second-order valence-corrected chi connectivity index (χ2v) is 6.18. The summed E-state index contributed by atoms with van der Waals surface area (Å²) in [7, 11) is 5.20. The molecule has 0 spiro atoms. The second kappa shape index (κ2) is 6.61. The molecule has 24 heavy (non-hydrogen) atoms. The lowest BCUT2D eigenvalue weighted by atomic mass is 9.88. The molecular formula is C19H23NO4. The molecule has 128 valence electrons. The SMILES string of the molecule is COc1cc(C[C@H]2c3cc(O)c(OC)cc3CCN2C)ccc1O. The highest BCUT2D eigenvalue weighted by Crippen LogP contribution is 2.39. The van der Waals surface area contributed by atoms with Gasteiger partial charge in [-0.15, -0.1) is 0 Å². The number of hydrogen-bond acceptors (Lipinski definition) is 5. The van der Waals surface area contributed by atoms with Gasteiger partial charge in [0.15, 0.2) is 23.0 Å². The smallest absolute Gasteiger partial charge is 0.160 e. The first-order valence-electron chi connectivity index (χ1n) is 7.99. The molecule has 2 aromatic carbocycles. The summed E-state index contributed by atoms with van der Waals surface area (Å²) in [4.78, 5) is 2.29. The summed E-state index contributed by atoms with van der Waals surface area (Å²) in [5, 5.41) is 19.9. The van der Waals surface area contributed by atoms with Crippen molar-refractivity contribution in [2.45, 2.75) is 18.9 Å². The summed E-state index contributed by atoms with van der Waals surface area (Å²) in [6, 6.07) is 9.32. The van der Waals surface area contributed by atoms with Crippen molar-refractivity contribution >= 4 is 0 Å². The van der Waals surface area contributed by atoms with Gasteiger partial charge in [0.25, 0.3) is 0 Å². The van der Waals surface area contributed by atoms with Crippen LogP contribution in [0.3, 0.4) is 0 Å². The highest BCUT2D eigenvalue weighted by molar-refractivity contribution is 5.49. The molecule has 2 aromatic rings. The van der Waals surface area contributed by atoms with Gasteiger partial charge in [0.2, 0.25) is 0 Å². The van der Waals surface area contributed by atoms with Gasteiger partial charge < -0.3 is 19.7 Å². The van der Waals surface area contributed by atoms with Gasteiger partial charge in [-0.2, -0.15) is 0 Å². The van der Waals surface area contributed by atoms with Gasteiger partial charge in [0, 0.05) is 12.6 Å². The highest BCUT2D eigenvalue weighted by atomic mass is 16.5. The number of likely N-dealkylation sites (N-methyl/N-ethyl adjacent to an activating group) is 1. The molecule has 0 bridgehead atoms. The molecule has 1 heterocycles. The Labute approximate surface area is 142 Å². The van der Waals surface area contributed by atoms with Crippen LogP contribution in [0.15, 0.2) is 30.3 Å². The maximum Gasteiger partial charge on any atom is 0.160 e. The summed E-state index contributed by atoms with van der Waals surface area (Å²) < 4.78 is 10.4. The summed E-state index contributed by atoms with van der Waals surface area (Å²) in [5.41, 5.74) is 3.40. The van der Waals surface area contributed by atoms with Gasteiger partial charge >= 0.3 is 0 Å². The number of phenols is 2. The van der Waals surface area contributed by atoms with E-state index < -0.39 is 0 Å². The normalized spacial score (nSPS) is 17.4. The van der Waals surface area contributed by atoms with Crippen LogP contribution in [0.4, 0.5) is 0 Å². The predicted molar refractivity (Wildman–Crippen MR) is 92.1 cm³/mol. The van der Waals surface area contributed by atoms with Crippen LogP contribution < -0.4 is 9.47 Å². The predicted octanol–water partition coefficient (Wildman–Crippen LogP) is 2.89. The molecule has 0 aromatic heterocycles. The van der Waals surface area contributed by atoms with Crippen LogP contribution >= 0.6 is 0 Å². The topological polar surface area (TPSA) is 62.2 Å². The summed E-state index contributed by atoms with van der Waals surface area (Å²) in [6.45, 7) is 0.945. The average Bonchev–Trinajstić information content (AvgIpc) is 2.58. The van der Waals surface area contributed by atoms with Crippen LogP contribution in [0, 0.1) is 0 Å². The maximum absolute atomic E-state index is 10.2. The lowest BCUT2D eigenvalue weighted by Gasteiger charge is -2.35. The van der Waals surface area contributed by atoms with Crippen molar-refractivity contribution in [3.05, 3.63) is 47.0 Å². The Morgan fingerprint density at radius 2 is 1.75 bits per heavy atom. The fraction of sp³-hybridized carbons (Fsp3) is 0.368. The van der Waals surface area contributed by atoms with Crippen molar-refractivity contribution in [2.75, 3.05) is 27.8 Å². The average molecular weight is 329 g/mol. The Morgan fingerprint density at radius 1 is 1.04 bits per heavy atom. The highest BCUT2D eigenvalue weighted by Gasteiger charge is 2.27. The van der Waals surface area contributed by atoms with Crippen LogP contribution in [0.25, 0.3) is 0 Å². The molecule has 0 saturated carbocycles. The third-order valence-electron chi connectivity index (χ3n) is 4.74. The Bertz CT molecular complexity index is 744. The van der Waals surface area contributed by atoms with Crippen molar-refractivity contribution in [3.63, 3.8) is 0 Å². The van der Waals surface area contributed by atoms with Crippen molar-refractivity contribution in [1.82, 2.24) is 4.90 Å². The van der Waals surface area contributed by atoms with E-state index in [4.69, 9.17) is 9.47 Å². The van der Waals surface area contributed by atoms with Crippen LogP contribution in [0.2, 0.25) is 0 Å². The standard InChI is InChI=1S/C19H23NO4/c1-20-7-6-13-10-19(24-3)17(22)11-14(13)15(20)8-12-4-5-16(21)18(9-12)23-2/h4-5,9-11,15,21-22H,6-8H2,1-3H3/t15-/m0/s1. The Balaban J connectivity index is 1.95. The van der Waals surface area contributed by atoms with E-state index in [0.29, 0.717) is 11.5 Å². The fourth-order valence-electron chi connectivity index (χ4n) is 3.34. The molecule has 1 atom stereocenters. The first-order valence-corrected chi connectivity index (χ1v) is 7.99. The monoisotopic (exact) mass is 329 g/mol. The minimum absolute atomic E-state index is 0.140. The number of methoxy groups -OCH3 is 2. The van der Waals surface area contributed by atoms with Crippen LogP contribution in [-0.4, -0.2) is 42.9 Å². The van der Waals surface area contributed by atoms with Gasteiger partial charge in [-0.25, -0.2) is 0 Å². The lowest BCUT2D eigenvalue weighted by Crippen LogP contribution is -2.33. The summed E-state index contributed by atoms with van der Waals surface area (Å²) in [5.74, 6) is 1.30. The van der Waals surface area contributed by atoms with E-state index in [1.54, 1.807) is 20.3 Å². The van der Waals surface area contributed by atoms with Gasteiger partial charge in [-0.05, 0) is 60.8 Å². The van der Waals surface area contributed by atoms with Gasteiger partial charge in [0.05, 0.1) is 14.2 Å². The molecule has 0 unspecified atom stereocenters. The lowest BCUT2D eigenvalue weighted by molar-refractivity contribution is 0.228. The third-order valence-corrected chi connectivity index (χ3v) is 4.74. The molecule has 0 amide bonds.